The van der Waals surface area contributed by atoms with Crippen molar-refractivity contribution in [2.24, 2.45) is 0 Å². The predicted molar refractivity (Wildman–Crippen MR) is 114 cm³/mol. The number of benzene rings is 3. The molecule has 0 heterocycles. The Kier molecular flexibility index (Phi) is 7.18. The molecule has 0 aliphatic rings. The number of esters is 1. The molecule has 3 aromatic rings. The molecule has 0 spiro atoms. The van der Waals surface area contributed by atoms with Crippen molar-refractivity contribution >= 4 is 5.97 Å². The van der Waals surface area contributed by atoms with Gasteiger partial charge in [0.25, 0.3) is 0 Å². The summed E-state index contributed by atoms with van der Waals surface area (Å²) in [6.45, 7) is 1.11. The molecule has 0 saturated heterocycles. The first-order valence-electron chi connectivity index (χ1n) is 10.1. The first kappa shape index (κ1) is 23.3. The Morgan fingerprint density at radius 3 is 2.31 bits per heavy atom. The average molecular weight is 446 g/mol. The topological polar surface area (TPSA) is 46.5 Å². The van der Waals surface area contributed by atoms with Gasteiger partial charge in [-0.05, 0) is 77.1 Å². The number of carbonyl (C=O) groups is 1. The second-order valence-corrected chi connectivity index (χ2v) is 7.23. The van der Waals surface area contributed by atoms with Crippen LogP contribution in [0.4, 0.5) is 17.6 Å². The van der Waals surface area contributed by atoms with Gasteiger partial charge in [-0.3, -0.25) is 4.79 Å². The van der Waals surface area contributed by atoms with Crippen molar-refractivity contribution in [3.8, 4) is 28.0 Å². The Morgan fingerprint density at radius 2 is 1.62 bits per heavy atom. The minimum Gasteiger partial charge on any atom is -0.508 e. The van der Waals surface area contributed by atoms with Crippen LogP contribution in [-0.2, 0) is 28.8 Å². The molecule has 0 atom stereocenters. The summed E-state index contributed by atoms with van der Waals surface area (Å²) in [6, 6.07) is 14.3. The van der Waals surface area contributed by atoms with Gasteiger partial charge in [0.15, 0.2) is 0 Å². The predicted octanol–water partition coefficient (Wildman–Crippen LogP) is 6.71. The number of ether oxygens (including phenoxy) is 1. The molecule has 168 valence electrons. The molecular weight excluding hydrogens is 424 g/mol. The van der Waals surface area contributed by atoms with E-state index in [1.165, 1.54) is 24.3 Å². The Labute approximate surface area is 183 Å². The molecule has 0 bridgehead atoms. The van der Waals surface area contributed by atoms with E-state index < -0.39 is 18.4 Å². The summed E-state index contributed by atoms with van der Waals surface area (Å²) >= 11 is 0. The fourth-order valence-electron chi connectivity index (χ4n) is 3.55. The molecule has 0 aliphatic heterocycles. The molecule has 1 N–H and O–H groups in total. The molecule has 0 unspecified atom stereocenters. The molecule has 3 aromatic carbocycles. The minimum atomic E-state index is -4.49. The summed E-state index contributed by atoms with van der Waals surface area (Å²) in [6.07, 6.45) is -4.07. The number of halogens is 4. The maximum absolute atomic E-state index is 13.9. The Morgan fingerprint density at radius 1 is 0.938 bits per heavy atom. The highest BCUT2D eigenvalue weighted by atomic mass is 19.4. The minimum absolute atomic E-state index is 0.0268. The van der Waals surface area contributed by atoms with Crippen LogP contribution in [0.2, 0.25) is 0 Å². The zero-order chi connectivity index (χ0) is 23.3. The van der Waals surface area contributed by atoms with Crippen LogP contribution in [0.1, 0.15) is 30.0 Å². The summed E-state index contributed by atoms with van der Waals surface area (Å²) in [5.74, 6) is -0.343. The number of hydrogen-bond acceptors (Lipinski definition) is 3. The van der Waals surface area contributed by atoms with Crippen LogP contribution in [0.3, 0.4) is 0 Å². The molecule has 0 saturated carbocycles. The molecule has 7 heteroatoms. The van der Waals surface area contributed by atoms with Gasteiger partial charge in [-0.15, -0.1) is 0 Å². The Bertz CT molecular complexity index is 1110. The van der Waals surface area contributed by atoms with Gasteiger partial charge in [0, 0.05) is 6.42 Å². The first-order chi connectivity index (χ1) is 15.2. The second-order valence-electron chi connectivity index (χ2n) is 7.23. The largest absolute Gasteiger partial charge is 0.508 e. The smallest absolute Gasteiger partial charge is 0.416 e. The van der Waals surface area contributed by atoms with Crippen molar-refractivity contribution in [3.63, 3.8) is 0 Å². The third-order valence-electron chi connectivity index (χ3n) is 5.05. The highest BCUT2D eigenvalue weighted by molar-refractivity contribution is 5.76. The first-order valence-corrected chi connectivity index (χ1v) is 10.1. The van der Waals surface area contributed by atoms with Gasteiger partial charge in [-0.25, -0.2) is 4.39 Å². The van der Waals surface area contributed by atoms with Crippen molar-refractivity contribution in [3.05, 3.63) is 77.4 Å². The lowest BCUT2D eigenvalue weighted by Crippen LogP contribution is -2.05. The van der Waals surface area contributed by atoms with Gasteiger partial charge < -0.3 is 9.84 Å². The van der Waals surface area contributed by atoms with E-state index in [-0.39, 0.29) is 35.9 Å². The monoisotopic (exact) mass is 446 g/mol. The normalized spacial score (nSPS) is 11.4. The summed E-state index contributed by atoms with van der Waals surface area (Å²) in [5, 5.41) is 9.87. The fourth-order valence-corrected chi connectivity index (χ4v) is 3.55. The van der Waals surface area contributed by atoms with Gasteiger partial charge in [-0.2, -0.15) is 13.2 Å². The quantitative estimate of drug-likeness (QED) is 0.324. The van der Waals surface area contributed by atoms with Crippen molar-refractivity contribution in [1.29, 1.82) is 0 Å². The number of carbonyl (C=O) groups excluding carboxylic acids is 1. The van der Waals surface area contributed by atoms with Crippen molar-refractivity contribution in [1.82, 2.24) is 0 Å². The third kappa shape index (κ3) is 5.46. The molecule has 0 amide bonds. The van der Waals surface area contributed by atoms with Gasteiger partial charge in [0.2, 0.25) is 0 Å². The van der Waals surface area contributed by atoms with E-state index in [4.69, 9.17) is 4.74 Å². The summed E-state index contributed by atoms with van der Waals surface area (Å²) in [5.41, 5.74) is 2.08. The van der Waals surface area contributed by atoms with E-state index in [2.05, 4.69) is 0 Å². The number of alkyl halides is 4. The number of hydrogen-bond donors (Lipinski definition) is 1. The van der Waals surface area contributed by atoms with Crippen LogP contribution in [-0.4, -0.2) is 17.7 Å². The van der Waals surface area contributed by atoms with Crippen molar-refractivity contribution in [2.75, 3.05) is 6.61 Å². The number of phenolic OH excluding ortho intramolecular Hbond substituents is 1. The lowest BCUT2D eigenvalue weighted by Gasteiger charge is -2.15. The molecule has 0 radical (unpaired) electrons. The number of aromatic hydroxyl groups is 1. The van der Waals surface area contributed by atoms with E-state index in [1.807, 2.05) is 0 Å². The summed E-state index contributed by atoms with van der Waals surface area (Å²) in [4.78, 5) is 11.7. The van der Waals surface area contributed by atoms with Gasteiger partial charge >= 0.3 is 12.1 Å². The average Bonchev–Trinajstić information content (AvgIpc) is 2.77. The zero-order valence-corrected chi connectivity index (χ0v) is 17.4. The lowest BCUT2D eigenvalue weighted by molar-refractivity contribution is -0.143. The Balaban J connectivity index is 1.99. The fraction of sp³-hybridized carbons (Fsp3) is 0.240. The van der Waals surface area contributed by atoms with Crippen LogP contribution >= 0.6 is 0 Å². The van der Waals surface area contributed by atoms with E-state index in [0.717, 1.165) is 12.1 Å². The zero-order valence-electron chi connectivity index (χ0n) is 17.4. The van der Waals surface area contributed by atoms with E-state index in [9.17, 15) is 27.5 Å². The highest BCUT2D eigenvalue weighted by Crippen LogP contribution is 2.36. The van der Waals surface area contributed by atoms with Gasteiger partial charge in [0.05, 0.1) is 12.2 Å². The summed E-state index contributed by atoms with van der Waals surface area (Å²) in [7, 11) is 0. The number of aryl methyl sites for hydroxylation is 1. The third-order valence-corrected chi connectivity index (χ3v) is 5.05. The van der Waals surface area contributed by atoms with Crippen molar-refractivity contribution in [2.45, 2.75) is 32.6 Å². The molecule has 3 nitrogen and oxygen atoms in total. The van der Waals surface area contributed by atoms with Gasteiger partial charge in [0.1, 0.15) is 12.4 Å². The molecule has 32 heavy (non-hydrogen) atoms. The van der Waals surface area contributed by atoms with Gasteiger partial charge in [-0.1, -0.05) is 30.3 Å². The van der Waals surface area contributed by atoms with Crippen LogP contribution in [0.15, 0.2) is 60.7 Å². The van der Waals surface area contributed by atoms with E-state index in [1.54, 1.807) is 31.2 Å². The van der Waals surface area contributed by atoms with E-state index in [0.29, 0.717) is 28.7 Å². The lowest BCUT2D eigenvalue weighted by atomic mass is 9.91. The van der Waals surface area contributed by atoms with E-state index >= 15 is 0 Å². The SMILES string of the molecule is CCOC(=O)CCc1cc(O)ccc1-c1ccc(-c2cccc(C(F)(F)F)c2)c(CF)c1. The van der Waals surface area contributed by atoms with Crippen LogP contribution in [0.25, 0.3) is 22.3 Å². The molecular formula is C25H22F4O3. The van der Waals surface area contributed by atoms with Crippen LogP contribution < -0.4 is 0 Å². The maximum atomic E-state index is 13.9. The summed E-state index contributed by atoms with van der Waals surface area (Å²) < 4.78 is 58.1. The van der Waals surface area contributed by atoms with Crippen molar-refractivity contribution < 1.29 is 32.2 Å². The van der Waals surface area contributed by atoms with Crippen LogP contribution in [0, 0.1) is 0 Å². The number of rotatable bonds is 7. The highest BCUT2D eigenvalue weighted by Gasteiger charge is 2.30. The molecule has 0 aliphatic carbocycles. The molecule has 3 rings (SSSR count). The standard InChI is InChI=1S/C25H22F4O3/c1-2-32-24(31)11-7-18-14-21(30)8-10-22(18)17-6-9-23(19(12-17)15-26)16-4-3-5-20(13-16)25(27,28)29/h3-6,8-10,12-14,30H,2,7,11,15H2,1H3. The van der Waals surface area contributed by atoms with Crippen LogP contribution in [0.5, 0.6) is 5.75 Å². The maximum Gasteiger partial charge on any atom is 0.416 e. The number of phenols is 1. The molecule has 0 fully saturated rings. The Hall–Kier alpha value is -3.35. The molecule has 0 aromatic heterocycles. The second kappa shape index (κ2) is 9.85.